The average molecular weight is 319 g/mol. The van der Waals surface area contributed by atoms with Gasteiger partial charge in [0, 0.05) is 12.7 Å². The minimum Gasteiger partial charge on any atom is -0.399 e. The summed E-state index contributed by atoms with van der Waals surface area (Å²) < 4.78 is 0. The largest absolute Gasteiger partial charge is 0.399 e. The molecule has 0 spiro atoms. The van der Waals surface area contributed by atoms with Crippen LogP contribution in [0.15, 0.2) is 12.1 Å². The van der Waals surface area contributed by atoms with Gasteiger partial charge in [-0.05, 0) is 19.2 Å². The highest BCUT2D eigenvalue weighted by Crippen LogP contribution is 2.32. The normalized spacial score (nSPS) is 10.4. The van der Waals surface area contributed by atoms with Crippen LogP contribution in [0.5, 0.6) is 0 Å². The molecular formula is C12H16Cl2N4O2. The summed E-state index contributed by atoms with van der Waals surface area (Å²) in [5.74, 6) is -0.506. The van der Waals surface area contributed by atoms with Crippen LogP contribution in [0.2, 0.25) is 10.0 Å². The Morgan fingerprint density at radius 1 is 1.20 bits per heavy atom. The standard InChI is InChI=1S/C12H16Cl2N4O2/c1-16-10(19)5-18(2)6-11(20)17-12-8(13)3-7(15)4-9(12)14/h3-4H,5-6,15H2,1-2H3,(H,16,19)(H,17,20). The summed E-state index contributed by atoms with van der Waals surface area (Å²) in [6.07, 6.45) is 0. The molecule has 6 nitrogen and oxygen atoms in total. The topological polar surface area (TPSA) is 87.5 Å². The van der Waals surface area contributed by atoms with Crippen LogP contribution in [0.1, 0.15) is 0 Å². The van der Waals surface area contributed by atoms with Crippen molar-refractivity contribution < 1.29 is 9.59 Å². The number of anilines is 2. The van der Waals surface area contributed by atoms with Gasteiger partial charge < -0.3 is 16.4 Å². The van der Waals surface area contributed by atoms with Crippen LogP contribution >= 0.6 is 23.2 Å². The predicted octanol–water partition coefficient (Wildman–Crippen LogP) is 1.19. The van der Waals surface area contributed by atoms with Crippen molar-refractivity contribution in [2.24, 2.45) is 0 Å². The van der Waals surface area contributed by atoms with Gasteiger partial charge in [-0.1, -0.05) is 23.2 Å². The average Bonchev–Trinajstić information content (AvgIpc) is 2.33. The third kappa shape index (κ3) is 4.88. The zero-order valence-corrected chi connectivity index (χ0v) is 12.7. The highest BCUT2D eigenvalue weighted by atomic mass is 35.5. The Morgan fingerprint density at radius 3 is 2.20 bits per heavy atom. The van der Waals surface area contributed by atoms with Crippen LogP contribution < -0.4 is 16.4 Å². The van der Waals surface area contributed by atoms with Crippen molar-refractivity contribution in [3.05, 3.63) is 22.2 Å². The number of hydrogen-bond acceptors (Lipinski definition) is 4. The van der Waals surface area contributed by atoms with Crippen molar-refractivity contribution in [2.75, 3.05) is 38.2 Å². The fourth-order valence-corrected chi connectivity index (χ4v) is 2.11. The molecule has 20 heavy (non-hydrogen) atoms. The Balaban J connectivity index is 2.65. The fraction of sp³-hybridized carbons (Fsp3) is 0.333. The Labute approximate surface area is 127 Å². The summed E-state index contributed by atoms with van der Waals surface area (Å²) in [7, 11) is 3.19. The molecule has 0 aliphatic carbocycles. The molecule has 0 saturated heterocycles. The first-order valence-corrected chi connectivity index (χ1v) is 6.52. The van der Waals surface area contributed by atoms with E-state index >= 15 is 0 Å². The lowest BCUT2D eigenvalue weighted by Crippen LogP contribution is -2.37. The molecule has 0 aliphatic rings. The third-order valence-electron chi connectivity index (χ3n) is 2.43. The molecule has 0 unspecified atom stereocenters. The van der Waals surface area contributed by atoms with Gasteiger partial charge in [0.25, 0.3) is 0 Å². The second kappa shape index (κ2) is 7.33. The zero-order valence-electron chi connectivity index (χ0n) is 11.2. The predicted molar refractivity (Wildman–Crippen MR) is 81.1 cm³/mol. The number of benzene rings is 1. The molecule has 0 atom stereocenters. The summed E-state index contributed by atoms with van der Waals surface area (Å²) in [6.45, 7) is 0.150. The maximum Gasteiger partial charge on any atom is 0.238 e. The number of hydrogen-bond donors (Lipinski definition) is 3. The first-order chi connectivity index (χ1) is 9.33. The number of nitrogen functional groups attached to an aromatic ring is 1. The van der Waals surface area contributed by atoms with Gasteiger partial charge in [0.15, 0.2) is 0 Å². The molecule has 1 aromatic carbocycles. The number of nitrogens with one attached hydrogen (secondary N) is 2. The number of nitrogens with zero attached hydrogens (tertiary/aromatic N) is 1. The monoisotopic (exact) mass is 318 g/mol. The number of carbonyl (C=O) groups excluding carboxylic acids is 2. The number of halogens is 2. The fourth-order valence-electron chi connectivity index (χ4n) is 1.52. The van der Waals surface area contributed by atoms with E-state index in [1.807, 2.05) is 0 Å². The summed E-state index contributed by atoms with van der Waals surface area (Å²) >= 11 is 11.9. The van der Waals surface area contributed by atoms with Crippen molar-refractivity contribution in [1.29, 1.82) is 0 Å². The van der Waals surface area contributed by atoms with Gasteiger partial charge in [-0.3, -0.25) is 14.5 Å². The summed E-state index contributed by atoms with van der Waals surface area (Å²) in [5, 5.41) is 5.59. The van der Waals surface area contributed by atoms with E-state index in [-0.39, 0.29) is 34.9 Å². The van der Waals surface area contributed by atoms with E-state index in [0.29, 0.717) is 11.4 Å². The van der Waals surface area contributed by atoms with Gasteiger partial charge in [0.1, 0.15) is 0 Å². The minimum atomic E-state index is -0.329. The lowest BCUT2D eigenvalue weighted by molar-refractivity contribution is -0.122. The third-order valence-corrected chi connectivity index (χ3v) is 3.03. The van der Waals surface area contributed by atoms with E-state index in [4.69, 9.17) is 28.9 Å². The summed E-state index contributed by atoms with van der Waals surface area (Å²) in [4.78, 5) is 24.6. The molecule has 2 amide bonds. The summed E-state index contributed by atoms with van der Waals surface area (Å²) in [5.41, 5.74) is 6.29. The van der Waals surface area contributed by atoms with Gasteiger partial charge >= 0.3 is 0 Å². The first kappa shape index (κ1) is 16.6. The highest BCUT2D eigenvalue weighted by molar-refractivity contribution is 6.40. The van der Waals surface area contributed by atoms with Gasteiger partial charge in [-0.2, -0.15) is 0 Å². The van der Waals surface area contributed by atoms with Gasteiger partial charge in [-0.25, -0.2) is 0 Å². The zero-order chi connectivity index (χ0) is 15.3. The van der Waals surface area contributed by atoms with Crippen LogP contribution in [0.3, 0.4) is 0 Å². The first-order valence-electron chi connectivity index (χ1n) is 5.77. The lowest BCUT2D eigenvalue weighted by atomic mass is 10.2. The van der Waals surface area contributed by atoms with E-state index in [1.165, 1.54) is 19.2 Å². The molecule has 0 radical (unpaired) electrons. The highest BCUT2D eigenvalue weighted by Gasteiger charge is 2.13. The van der Waals surface area contributed by atoms with E-state index in [9.17, 15) is 9.59 Å². The number of rotatable bonds is 5. The second-order valence-corrected chi connectivity index (χ2v) is 5.07. The maximum atomic E-state index is 11.8. The molecule has 110 valence electrons. The van der Waals surface area contributed by atoms with Crippen LogP contribution in [-0.4, -0.2) is 43.9 Å². The molecule has 0 saturated carbocycles. The Hall–Kier alpha value is -1.50. The summed E-state index contributed by atoms with van der Waals surface area (Å²) in [6, 6.07) is 2.99. The van der Waals surface area contributed by atoms with E-state index in [2.05, 4.69) is 10.6 Å². The SMILES string of the molecule is CNC(=O)CN(C)CC(=O)Nc1c(Cl)cc(N)cc1Cl. The Morgan fingerprint density at radius 2 is 1.70 bits per heavy atom. The molecule has 0 fully saturated rings. The lowest BCUT2D eigenvalue weighted by Gasteiger charge is -2.16. The number of amides is 2. The van der Waals surface area contributed by atoms with Gasteiger partial charge in [-0.15, -0.1) is 0 Å². The van der Waals surface area contributed by atoms with Crippen LogP contribution in [-0.2, 0) is 9.59 Å². The molecule has 0 bridgehead atoms. The van der Waals surface area contributed by atoms with Crippen molar-refractivity contribution in [3.63, 3.8) is 0 Å². The van der Waals surface area contributed by atoms with Crippen molar-refractivity contribution >= 4 is 46.4 Å². The Bertz CT molecular complexity index is 499. The van der Waals surface area contributed by atoms with Crippen molar-refractivity contribution in [1.82, 2.24) is 10.2 Å². The number of nitrogens with two attached hydrogens (primary N) is 1. The quantitative estimate of drug-likeness (QED) is 0.712. The van der Waals surface area contributed by atoms with Crippen molar-refractivity contribution in [3.8, 4) is 0 Å². The maximum absolute atomic E-state index is 11.8. The molecule has 0 aliphatic heterocycles. The smallest absolute Gasteiger partial charge is 0.238 e. The van der Waals surface area contributed by atoms with E-state index in [0.717, 1.165) is 0 Å². The molecule has 0 aromatic heterocycles. The van der Waals surface area contributed by atoms with Crippen molar-refractivity contribution in [2.45, 2.75) is 0 Å². The van der Waals surface area contributed by atoms with Gasteiger partial charge in [0.2, 0.25) is 11.8 Å². The van der Waals surface area contributed by atoms with E-state index < -0.39 is 0 Å². The molecule has 0 heterocycles. The molecule has 1 aromatic rings. The number of likely N-dealkylation sites (N-methyl/N-ethyl adjacent to an activating group) is 2. The van der Waals surface area contributed by atoms with Crippen LogP contribution in [0.25, 0.3) is 0 Å². The second-order valence-electron chi connectivity index (χ2n) is 4.25. The number of carbonyl (C=O) groups is 2. The van der Waals surface area contributed by atoms with Crippen LogP contribution in [0, 0.1) is 0 Å². The molecule has 1 rings (SSSR count). The minimum absolute atomic E-state index is 0.0322. The van der Waals surface area contributed by atoms with Crippen LogP contribution in [0.4, 0.5) is 11.4 Å². The van der Waals surface area contributed by atoms with Gasteiger partial charge in [0.05, 0.1) is 28.8 Å². The Kier molecular flexibility index (Phi) is 6.06. The van der Waals surface area contributed by atoms with E-state index in [1.54, 1.807) is 11.9 Å². The molecule has 4 N–H and O–H groups in total. The molecular weight excluding hydrogens is 303 g/mol. The molecule has 8 heteroatoms.